The highest BCUT2D eigenvalue weighted by Gasteiger charge is 2.12. The highest BCUT2D eigenvalue weighted by molar-refractivity contribution is 9.10. The molecule has 0 spiro atoms. The molecular weight excluding hydrogens is 230 g/mol. The zero-order valence-corrected chi connectivity index (χ0v) is 8.88. The number of hydrogen-bond donors (Lipinski definition) is 0. The normalized spacial score (nSPS) is 17.5. The SMILES string of the molecule is Brc1ccc[c]c1N1CCOCC1. The Bertz CT molecular complexity index is 284. The van der Waals surface area contributed by atoms with E-state index in [-0.39, 0.29) is 0 Å². The molecule has 0 unspecified atom stereocenters. The van der Waals surface area contributed by atoms with E-state index in [9.17, 15) is 0 Å². The second-order valence-corrected chi connectivity index (χ2v) is 3.82. The van der Waals surface area contributed by atoms with Gasteiger partial charge in [0, 0.05) is 23.6 Å². The second-order valence-electron chi connectivity index (χ2n) is 2.97. The minimum atomic E-state index is 0.815. The molecular formula is C10H11BrNO. The first-order valence-electron chi connectivity index (χ1n) is 4.37. The molecule has 0 N–H and O–H groups in total. The summed E-state index contributed by atoms with van der Waals surface area (Å²) in [7, 11) is 0. The molecule has 0 aromatic heterocycles. The molecule has 1 radical (unpaired) electrons. The van der Waals surface area contributed by atoms with Crippen molar-refractivity contribution >= 4 is 21.6 Å². The molecule has 1 aliphatic rings. The zero-order chi connectivity index (χ0) is 9.10. The Balaban J connectivity index is 2.18. The third-order valence-corrected chi connectivity index (χ3v) is 2.75. The summed E-state index contributed by atoms with van der Waals surface area (Å²) in [5, 5.41) is 0. The van der Waals surface area contributed by atoms with Crippen molar-refractivity contribution in [1.29, 1.82) is 0 Å². The summed E-state index contributed by atoms with van der Waals surface area (Å²) >= 11 is 3.52. The van der Waals surface area contributed by atoms with Crippen LogP contribution in [0.1, 0.15) is 0 Å². The molecule has 0 saturated carbocycles. The van der Waals surface area contributed by atoms with Crippen LogP contribution in [0.2, 0.25) is 0 Å². The number of benzene rings is 1. The molecule has 0 atom stereocenters. The summed E-state index contributed by atoms with van der Waals surface area (Å²) < 4.78 is 6.40. The molecule has 2 nitrogen and oxygen atoms in total. The maximum Gasteiger partial charge on any atom is 0.0642 e. The minimum Gasteiger partial charge on any atom is -0.378 e. The van der Waals surface area contributed by atoms with E-state index in [1.165, 1.54) is 0 Å². The lowest BCUT2D eigenvalue weighted by molar-refractivity contribution is 0.122. The van der Waals surface area contributed by atoms with Gasteiger partial charge in [0.25, 0.3) is 0 Å². The molecule has 0 amide bonds. The standard InChI is InChI=1S/C10H11BrNO/c11-9-3-1-2-4-10(9)12-5-7-13-8-6-12/h1-3H,5-8H2. The summed E-state index contributed by atoms with van der Waals surface area (Å²) in [6, 6.07) is 9.19. The van der Waals surface area contributed by atoms with Crippen molar-refractivity contribution in [2.45, 2.75) is 0 Å². The van der Waals surface area contributed by atoms with Crippen LogP contribution >= 0.6 is 15.9 Å². The van der Waals surface area contributed by atoms with Gasteiger partial charge in [-0.15, -0.1) is 0 Å². The number of nitrogens with zero attached hydrogens (tertiary/aromatic N) is 1. The first-order chi connectivity index (χ1) is 6.38. The first-order valence-corrected chi connectivity index (χ1v) is 5.16. The van der Waals surface area contributed by atoms with Crippen LogP contribution in [0, 0.1) is 6.07 Å². The largest absolute Gasteiger partial charge is 0.378 e. The van der Waals surface area contributed by atoms with Gasteiger partial charge in [0.15, 0.2) is 0 Å². The number of para-hydroxylation sites is 1. The number of halogens is 1. The molecule has 1 aromatic carbocycles. The Morgan fingerprint density at radius 1 is 1.38 bits per heavy atom. The molecule has 13 heavy (non-hydrogen) atoms. The quantitative estimate of drug-likeness (QED) is 0.746. The average molecular weight is 241 g/mol. The molecule has 1 fully saturated rings. The molecule has 0 bridgehead atoms. The van der Waals surface area contributed by atoms with Gasteiger partial charge in [0.05, 0.1) is 18.9 Å². The number of morpholine rings is 1. The number of anilines is 1. The monoisotopic (exact) mass is 240 g/mol. The Morgan fingerprint density at radius 3 is 2.85 bits per heavy atom. The van der Waals surface area contributed by atoms with Crippen LogP contribution in [-0.2, 0) is 4.74 Å². The lowest BCUT2D eigenvalue weighted by atomic mass is 10.3. The van der Waals surface area contributed by atoms with Crippen LogP contribution in [0.25, 0.3) is 0 Å². The predicted octanol–water partition coefficient (Wildman–Crippen LogP) is 2.09. The van der Waals surface area contributed by atoms with Crippen molar-refractivity contribution < 1.29 is 4.74 Å². The maximum atomic E-state index is 5.29. The van der Waals surface area contributed by atoms with Gasteiger partial charge in [-0.3, -0.25) is 0 Å². The van der Waals surface area contributed by atoms with Crippen LogP contribution in [0.15, 0.2) is 22.7 Å². The van der Waals surface area contributed by atoms with E-state index in [4.69, 9.17) is 4.74 Å². The van der Waals surface area contributed by atoms with Gasteiger partial charge in [-0.25, -0.2) is 0 Å². The molecule has 0 aliphatic carbocycles. The van der Waals surface area contributed by atoms with Gasteiger partial charge in [0.1, 0.15) is 0 Å². The predicted molar refractivity (Wildman–Crippen MR) is 56.0 cm³/mol. The highest BCUT2D eigenvalue weighted by atomic mass is 79.9. The molecule has 69 valence electrons. The Morgan fingerprint density at radius 2 is 2.15 bits per heavy atom. The summed E-state index contributed by atoms with van der Waals surface area (Å²) in [6.45, 7) is 3.54. The van der Waals surface area contributed by atoms with E-state index in [1.54, 1.807) is 0 Å². The smallest absolute Gasteiger partial charge is 0.0642 e. The molecule has 2 rings (SSSR count). The van der Waals surface area contributed by atoms with Gasteiger partial charge in [-0.05, 0) is 22.0 Å². The number of rotatable bonds is 1. The second kappa shape index (κ2) is 4.11. The van der Waals surface area contributed by atoms with Crippen LogP contribution in [-0.4, -0.2) is 26.3 Å². The van der Waals surface area contributed by atoms with Crippen molar-refractivity contribution in [2.75, 3.05) is 31.2 Å². The highest BCUT2D eigenvalue weighted by Crippen LogP contribution is 2.25. The summed E-state index contributed by atoms with van der Waals surface area (Å²) in [5.41, 5.74) is 1.14. The van der Waals surface area contributed by atoms with E-state index in [0.29, 0.717) is 0 Å². The number of hydrogen-bond acceptors (Lipinski definition) is 2. The third-order valence-electron chi connectivity index (χ3n) is 2.11. The fourth-order valence-corrected chi connectivity index (χ4v) is 1.95. The Hall–Kier alpha value is -0.540. The maximum absolute atomic E-state index is 5.29. The van der Waals surface area contributed by atoms with Crippen molar-refractivity contribution in [3.05, 3.63) is 28.7 Å². The van der Waals surface area contributed by atoms with Gasteiger partial charge >= 0.3 is 0 Å². The fourth-order valence-electron chi connectivity index (χ4n) is 1.44. The molecule has 1 aliphatic heterocycles. The van der Waals surface area contributed by atoms with Crippen molar-refractivity contribution in [2.24, 2.45) is 0 Å². The topological polar surface area (TPSA) is 12.5 Å². The van der Waals surface area contributed by atoms with Crippen LogP contribution in [0.5, 0.6) is 0 Å². The van der Waals surface area contributed by atoms with Crippen molar-refractivity contribution in [1.82, 2.24) is 0 Å². The zero-order valence-electron chi connectivity index (χ0n) is 7.29. The molecule has 1 aromatic rings. The van der Waals surface area contributed by atoms with E-state index in [2.05, 4.69) is 26.9 Å². The lowest BCUT2D eigenvalue weighted by Gasteiger charge is -2.29. The minimum absolute atomic E-state index is 0.815. The van der Waals surface area contributed by atoms with Gasteiger partial charge in [-0.2, -0.15) is 0 Å². The van der Waals surface area contributed by atoms with Crippen molar-refractivity contribution in [3.8, 4) is 0 Å². The third kappa shape index (κ3) is 2.03. The van der Waals surface area contributed by atoms with E-state index >= 15 is 0 Å². The first kappa shape index (κ1) is 9.03. The van der Waals surface area contributed by atoms with Crippen LogP contribution in [0.4, 0.5) is 5.69 Å². The number of ether oxygens (including phenoxy) is 1. The molecule has 1 heterocycles. The van der Waals surface area contributed by atoms with Crippen LogP contribution < -0.4 is 4.90 Å². The van der Waals surface area contributed by atoms with E-state index in [1.807, 2.05) is 18.2 Å². The lowest BCUT2D eigenvalue weighted by Crippen LogP contribution is -2.36. The Kier molecular flexibility index (Phi) is 2.86. The summed E-state index contributed by atoms with van der Waals surface area (Å²) in [4.78, 5) is 2.29. The van der Waals surface area contributed by atoms with Gasteiger partial charge < -0.3 is 9.64 Å². The van der Waals surface area contributed by atoms with E-state index in [0.717, 1.165) is 36.5 Å². The van der Waals surface area contributed by atoms with Gasteiger partial charge in [0.2, 0.25) is 0 Å². The average Bonchev–Trinajstić information content (AvgIpc) is 2.20. The van der Waals surface area contributed by atoms with Crippen LogP contribution in [0.3, 0.4) is 0 Å². The summed E-state index contributed by atoms with van der Waals surface area (Å²) in [6.07, 6.45) is 0. The fraction of sp³-hybridized carbons (Fsp3) is 0.400. The molecule has 3 heteroatoms. The van der Waals surface area contributed by atoms with E-state index < -0.39 is 0 Å². The van der Waals surface area contributed by atoms with Gasteiger partial charge in [-0.1, -0.05) is 12.1 Å². The summed E-state index contributed by atoms with van der Waals surface area (Å²) in [5.74, 6) is 0. The van der Waals surface area contributed by atoms with Crippen molar-refractivity contribution in [3.63, 3.8) is 0 Å². The Labute approximate surface area is 86.6 Å². The molecule has 1 saturated heterocycles.